The molecule has 1 aromatic carbocycles. The largest absolute Gasteiger partial charge is 0.349 e. The number of halogens is 1. The number of benzene rings is 1. The van der Waals surface area contributed by atoms with Gasteiger partial charge in [0.1, 0.15) is 5.15 Å². The highest BCUT2D eigenvalue weighted by Crippen LogP contribution is 2.23. The van der Waals surface area contributed by atoms with Crippen molar-refractivity contribution in [2.45, 2.75) is 33.2 Å². The molecule has 0 spiro atoms. The Morgan fingerprint density at radius 2 is 2.05 bits per heavy atom. The van der Waals surface area contributed by atoms with Crippen molar-refractivity contribution in [1.29, 1.82) is 0 Å². The van der Waals surface area contributed by atoms with Gasteiger partial charge in [0.05, 0.1) is 16.9 Å². The van der Waals surface area contributed by atoms with E-state index in [1.165, 1.54) is 0 Å². The van der Waals surface area contributed by atoms with Gasteiger partial charge in [-0.3, -0.25) is 4.79 Å². The summed E-state index contributed by atoms with van der Waals surface area (Å²) in [5.41, 5.74) is 1.90. The van der Waals surface area contributed by atoms with Crippen LogP contribution in [0, 0.1) is 6.92 Å². The Balaban J connectivity index is 2.37. The van der Waals surface area contributed by atoms with Crippen molar-refractivity contribution in [3.8, 4) is 5.69 Å². The predicted octanol–water partition coefficient (Wildman–Crippen LogP) is 3.36. The SMILES string of the molecule is CCC(C)NC(=O)c1c(C)nn(-c2ccccc2)c1Cl. The van der Waals surface area contributed by atoms with E-state index in [4.69, 9.17) is 11.6 Å². The molecule has 2 rings (SSSR count). The third-order valence-electron chi connectivity index (χ3n) is 3.22. The fourth-order valence-corrected chi connectivity index (χ4v) is 2.25. The molecule has 106 valence electrons. The number of hydrogen-bond acceptors (Lipinski definition) is 2. The number of carbonyl (C=O) groups excluding carboxylic acids is 1. The molecule has 0 bridgehead atoms. The molecular weight excluding hydrogens is 274 g/mol. The normalized spacial score (nSPS) is 12.2. The van der Waals surface area contributed by atoms with Crippen LogP contribution in [0.15, 0.2) is 30.3 Å². The molecule has 0 fully saturated rings. The molecule has 0 saturated carbocycles. The lowest BCUT2D eigenvalue weighted by molar-refractivity contribution is 0.0939. The van der Waals surface area contributed by atoms with Crippen molar-refractivity contribution < 1.29 is 4.79 Å². The van der Waals surface area contributed by atoms with Gasteiger partial charge in [-0.2, -0.15) is 5.10 Å². The summed E-state index contributed by atoms with van der Waals surface area (Å²) in [6.07, 6.45) is 0.870. The Hall–Kier alpha value is -1.81. The van der Waals surface area contributed by atoms with Crippen molar-refractivity contribution in [2.75, 3.05) is 0 Å². The summed E-state index contributed by atoms with van der Waals surface area (Å²) in [6.45, 7) is 5.77. The van der Waals surface area contributed by atoms with E-state index in [1.54, 1.807) is 11.6 Å². The highest BCUT2D eigenvalue weighted by atomic mass is 35.5. The number of hydrogen-bond donors (Lipinski definition) is 1. The molecule has 5 heteroatoms. The van der Waals surface area contributed by atoms with Gasteiger partial charge in [-0.1, -0.05) is 36.7 Å². The van der Waals surface area contributed by atoms with Crippen LogP contribution in [-0.4, -0.2) is 21.7 Å². The number of rotatable bonds is 4. The third-order valence-corrected chi connectivity index (χ3v) is 3.57. The average Bonchev–Trinajstić information content (AvgIpc) is 2.74. The van der Waals surface area contributed by atoms with E-state index in [0.29, 0.717) is 16.4 Å². The molecule has 1 atom stereocenters. The quantitative estimate of drug-likeness (QED) is 0.939. The maximum atomic E-state index is 12.3. The van der Waals surface area contributed by atoms with Gasteiger partial charge < -0.3 is 5.32 Å². The van der Waals surface area contributed by atoms with Gasteiger partial charge >= 0.3 is 0 Å². The average molecular weight is 292 g/mol. The van der Waals surface area contributed by atoms with Crippen LogP contribution in [0.1, 0.15) is 36.3 Å². The molecule has 1 amide bonds. The molecule has 0 aliphatic rings. The molecule has 2 aromatic rings. The summed E-state index contributed by atoms with van der Waals surface area (Å²) in [5.74, 6) is -0.177. The fraction of sp³-hybridized carbons (Fsp3) is 0.333. The lowest BCUT2D eigenvalue weighted by atomic mass is 10.2. The number of amides is 1. The van der Waals surface area contributed by atoms with Crippen molar-refractivity contribution in [2.24, 2.45) is 0 Å². The summed E-state index contributed by atoms with van der Waals surface area (Å²) >= 11 is 6.33. The number of para-hydroxylation sites is 1. The first-order chi connectivity index (χ1) is 9.54. The fourth-order valence-electron chi connectivity index (χ4n) is 1.90. The standard InChI is InChI=1S/C15H18ClN3O/c1-4-10(2)17-15(20)13-11(3)18-19(14(13)16)12-8-6-5-7-9-12/h5-10H,4H2,1-3H3,(H,17,20). The van der Waals surface area contributed by atoms with Crippen molar-refractivity contribution >= 4 is 17.5 Å². The van der Waals surface area contributed by atoms with Crippen LogP contribution in [-0.2, 0) is 0 Å². The van der Waals surface area contributed by atoms with Crippen molar-refractivity contribution in [3.63, 3.8) is 0 Å². The maximum absolute atomic E-state index is 12.3. The van der Waals surface area contributed by atoms with Crippen LogP contribution in [0.4, 0.5) is 0 Å². The second kappa shape index (κ2) is 6.09. The third kappa shape index (κ3) is 2.85. The Morgan fingerprint density at radius 3 is 2.65 bits per heavy atom. The van der Waals surface area contributed by atoms with Crippen LogP contribution >= 0.6 is 11.6 Å². The molecule has 0 aliphatic heterocycles. The van der Waals surface area contributed by atoms with Crippen molar-refractivity contribution in [3.05, 3.63) is 46.7 Å². The van der Waals surface area contributed by atoms with Crippen LogP contribution in [0.5, 0.6) is 0 Å². The van der Waals surface area contributed by atoms with E-state index in [9.17, 15) is 4.79 Å². The number of aromatic nitrogens is 2. The van der Waals surface area contributed by atoms with Gasteiger partial charge in [0.2, 0.25) is 0 Å². The summed E-state index contributed by atoms with van der Waals surface area (Å²) in [6, 6.07) is 9.63. The summed E-state index contributed by atoms with van der Waals surface area (Å²) in [7, 11) is 0. The maximum Gasteiger partial charge on any atom is 0.256 e. The van der Waals surface area contributed by atoms with Gasteiger partial charge in [0, 0.05) is 6.04 Å². The molecule has 0 radical (unpaired) electrons. The minimum Gasteiger partial charge on any atom is -0.349 e. The predicted molar refractivity (Wildman–Crippen MR) is 80.5 cm³/mol. The van der Waals surface area contributed by atoms with Crippen LogP contribution in [0.3, 0.4) is 0 Å². The smallest absolute Gasteiger partial charge is 0.256 e. The number of nitrogens with zero attached hydrogens (tertiary/aromatic N) is 2. The molecule has 4 nitrogen and oxygen atoms in total. The lowest BCUT2D eigenvalue weighted by Crippen LogP contribution is -2.32. The molecule has 20 heavy (non-hydrogen) atoms. The minimum absolute atomic E-state index is 0.109. The summed E-state index contributed by atoms with van der Waals surface area (Å²) < 4.78 is 1.59. The highest BCUT2D eigenvalue weighted by Gasteiger charge is 2.21. The summed E-state index contributed by atoms with van der Waals surface area (Å²) in [4.78, 5) is 12.3. The second-order valence-electron chi connectivity index (χ2n) is 4.78. The monoisotopic (exact) mass is 291 g/mol. The molecule has 0 saturated heterocycles. The van der Waals surface area contributed by atoms with E-state index in [0.717, 1.165) is 12.1 Å². The minimum atomic E-state index is -0.177. The first kappa shape index (κ1) is 14.6. The first-order valence-electron chi connectivity index (χ1n) is 6.66. The van der Waals surface area contributed by atoms with Gasteiger partial charge in [-0.05, 0) is 32.4 Å². The zero-order valence-electron chi connectivity index (χ0n) is 11.9. The van der Waals surface area contributed by atoms with Crippen LogP contribution in [0.2, 0.25) is 5.15 Å². The summed E-state index contributed by atoms with van der Waals surface area (Å²) in [5, 5.41) is 7.62. The number of carbonyl (C=O) groups is 1. The van der Waals surface area contributed by atoms with E-state index in [2.05, 4.69) is 10.4 Å². The van der Waals surface area contributed by atoms with Crippen molar-refractivity contribution in [1.82, 2.24) is 15.1 Å². The Kier molecular flexibility index (Phi) is 4.45. The van der Waals surface area contributed by atoms with Gasteiger partial charge in [-0.25, -0.2) is 4.68 Å². The zero-order chi connectivity index (χ0) is 14.7. The van der Waals surface area contributed by atoms with Gasteiger partial charge in [0.25, 0.3) is 5.91 Å². The molecule has 0 aliphatic carbocycles. The van der Waals surface area contributed by atoms with E-state index in [-0.39, 0.29) is 11.9 Å². The van der Waals surface area contributed by atoms with E-state index >= 15 is 0 Å². The zero-order valence-corrected chi connectivity index (χ0v) is 12.6. The lowest BCUT2D eigenvalue weighted by Gasteiger charge is -2.11. The first-order valence-corrected chi connectivity index (χ1v) is 7.03. The molecule has 1 unspecified atom stereocenters. The molecular formula is C15H18ClN3O. The Labute approximate surface area is 123 Å². The highest BCUT2D eigenvalue weighted by molar-refractivity contribution is 6.33. The molecule has 1 N–H and O–H groups in total. The number of nitrogens with one attached hydrogen (secondary N) is 1. The van der Waals surface area contributed by atoms with Gasteiger partial charge in [0.15, 0.2) is 0 Å². The van der Waals surface area contributed by atoms with E-state index < -0.39 is 0 Å². The number of aryl methyl sites for hydroxylation is 1. The van der Waals surface area contributed by atoms with E-state index in [1.807, 2.05) is 44.2 Å². The second-order valence-corrected chi connectivity index (χ2v) is 5.14. The molecule has 1 aromatic heterocycles. The Bertz CT molecular complexity index is 607. The Morgan fingerprint density at radius 1 is 1.40 bits per heavy atom. The molecule has 1 heterocycles. The van der Waals surface area contributed by atoms with Crippen LogP contribution in [0.25, 0.3) is 5.69 Å². The van der Waals surface area contributed by atoms with Gasteiger partial charge in [-0.15, -0.1) is 0 Å². The van der Waals surface area contributed by atoms with Crippen LogP contribution < -0.4 is 5.32 Å². The topological polar surface area (TPSA) is 46.9 Å².